The summed E-state index contributed by atoms with van der Waals surface area (Å²) in [5.74, 6) is 1.55. The molecule has 1 aliphatic rings. The zero-order valence-electron chi connectivity index (χ0n) is 13.6. The number of nitrogens with two attached hydrogens (primary N) is 1. The van der Waals surface area contributed by atoms with E-state index in [1.54, 1.807) is 12.1 Å². The van der Waals surface area contributed by atoms with Gasteiger partial charge in [-0.3, -0.25) is 4.79 Å². The van der Waals surface area contributed by atoms with Gasteiger partial charge >= 0.3 is 0 Å². The van der Waals surface area contributed by atoms with Crippen LogP contribution in [0.5, 0.6) is 0 Å². The first-order valence-corrected chi connectivity index (χ1v) is 7.55. The highest BCUT2D eigenvalue weighted by molar-refractivity contribution is 14.0. The Morgan fingerprint density at radius 2 is 2.30 bits per heavy atom. The van der Waals surface area contributed by atoms with Crippen LogP contribution >= 0.6 is 24.0 Å². The minimum atomic E-state index is -0.569. The largest absolute Gasteiger partial charge is 0.454 e. The Morgan fingerprint density at radius 1 is 1.52 bits per heavy atom. The molecular formula is C15H25IN4O3. The topological polar surface area (TPSA) is 93.1 Å². The maximum Gasteiger partial charge on any atom is 0.284 e. The predicted molar refractivity (Wildman–Crippen MR) is 99.0 cm³/mol. The van der Waals surface area contributed by atoms with E-state index in [9.17, 15) is 4.79 Å². The summed E-state index contributed by atoms with van der Waals surface area (Å²) >= 11 is 0. The minimum Gasteiger partial charge on any atom is -0.454 e. The van der Waals surface area contributed by atoms with Crippen molar-refractivity contribution in [3.8, 4) is 0 Å². The van der Waals surface area contributed by atoms with E-state index in [0.29, 0.717) is 18.2 Å². The van der Waals surface area contributed by atoms with Gasteiger partial charge in [-0.1, -0.05) is 0 Å². The minimum absolute atomic E-state index is 0. The van der Waals surface area contributed by atoms with Crippen LogP contribution in [-0.4, -0.2) is 50.1 Å². The summed E-state index contributed by atoms with van der Waals surface area (Å²) in [5, 5.41) is 3.26. The highest BCUT2D eigenvalue weighted by Crippen LogP contribution is 2.13. The SMILES string of the molecule is CCNC(=NCc1ccc(C(N)=O)o1)N(C)CC1CCOC1.I. The van der Waals surface area contributed by atoms with Crippen LogP contribution in [0.3, 0.4) is 0 Å². The molecule has 23 heavy (non-hydrogen) atoms. The monoisotopic (exact) mass is 436 g/mol. The van der Waals surface area contributed by atoms with Crippen molar-refractivity contribution in [2.24, 2.45) is 16.6 Å². The van der Waals surface area contributed by atoms with E-state index < -0.39 is 5.91 Å². The van der Waals surface area contributed by atoms with Crippen LogP contribution < -0.4 is 11.1 Å². The van der Waals surface area contributed by atoms with Crippen LogP contribution in [0.4, 0.5) is 0 Å². The second-order valence-electron chi connectivity index (χ2n) is 5.41. The van der Waals surface area contributed by atoms with Crippen molar-refractivity contribution in [3.63, 3.8) is 0 Å². The van der Waals surface area contributed by atoms with E-state index >= 15 is 0 Å². The van der Waals surface area contributed by atoms with Crippen LogP contribution in [0.15, 0.2) is 21.5 Å². The Morgan fingerprint density at radius 3 is 2.87 bits per heavy atom. The van der Waals surface area contributed by atoms with Gasteiger partial charge in [0.25, 0.3) is 5.91 Å². The average molecular weight is 436 g/mol. The third-order valence-corrected chi connectivity index (χ3v) is 3.54. The van der Waals surface area contributed by atoms with Crippen molar-refractivity contribution >= 4 is 35.8 Å². The fourth-order valence-electron chi connectivity index (χ4n) is 2.42. The molecule has 1 aromatic heterocycles. The molecule has 1 atom stereocenters. The number of nitrogens with one attached hydrogen (secondary N) is 1. The molecule has 1 unspecified atom stereocenters. The molecule has 0 bridgehead atoms. The number of carbonyl (C=O) groups excluding carboxylic acids is 1. The Balaban J connectivity index is 0.00000264. The van der Waals surface area contributed by atoms with Crippen molar-refractivity contribution < 1.29 is 13.9 Å². The molecule has 7 nitrogen and oxygen atoms in total. The molecule has 2 rings (SSSR count). The zero-order valence-corrected chi connectivity index (χ0v) is 15.9. The lowest BCUT2D eigenvalue weighted by molar-refractivity contribution is 0.0972. The Labute approximate surface area is 153 Å². The summed E-state index contributed by atoms with van der Waals surface area (Å²) in [6.07, 6.45) is 1.09. The highest BCUT2D eigenvalue weighted by Gasteiger charge is 2.19. The van der Waals surface area contributed by atoms with Crippen LogP contribution in [0.1, 0.15) is 29.7 Å². The van der Waals surface area contributed by atoms with E-state index in [1.807, 2.05) is 14.0 Å². The third-order valence-electron chi connectivity index (χ3n) is 3.54. The van der Waals surface area contributed by atoms with Crippen LogP contribution in [0.2, 0.25) is 0 Å². The molecule has 0 spiro atoms. The fourth-order valence-corrected chi connectivity index (χ4v) is 2.42. The second kappa shape index (κ2) is 9.76. The van der Waals surface area contributed by atoms with Gasteiger partial charge < -0.3 is 25.1 Å². The van der Waals surface area contributed by atoms with E-state index in [-0.39, 0.29) is 29.7 Å². The van der Waals surface area contributed by atoms with E-state index in [4.69, 9.17) is 14.9 Å². The van der Waals surface area contributed by atoms with Gasteiger partial charge in [-0.15, -0.1) is 24.0 Å². The Bertz CT molecular complexity index is 527. The molecule has 8 heteroatoms. The normalized spacial score (nSPS) is 17.7. The second-order valence-corrected chi connectivity index (χ2v) is 5.41. The molecular weight excluding hydrogens is 411 g/mol. The van der Waals surface area contributed by atoms with Crippen LogP contribution in [0, 0.1) is 5.92 Å². The molecule has 1 fully saturated rings. The van der Waals surface area contributed by atoms with Crippen molar-refractivity contribution in [1.29, 1.82) is 0 Å². The zero-order chi connectivity index (χ0) is 15.9. The van der Waals surface area contributed by atoms with Gasteiger partial charge in [-0.2, -0.15) is 0 Å². The number of ether oxygens (including phenoxy) is 1. The number of aliphatic imine (C=N–C) groups is 1. The smallest absolute Gasteiger partial charge is 0.284 e. The summed E-state index contributed by atoms with van der Waals surface area (Å²) in [5.41, 5.74) is 5.17. The molecule has 2 heterocycles. The van der Waals surface area contributed by atoms with Crippen molar-refractivity contribution in [1.82, 2.24) is 10.2 Å². The third kappa shape index (κ3) is 6.02. The number of primary amides is 1. The molecule has 0 aliphatic carbocycles. The number of hydrogen-bond donors (Lipinski definition) is 2. The van der Waals surface area contributed by atoms with E-state index in [2.05, 4.69) is 15.2 Å². The maximum absolute atomic E-state index is 11.0. The van der Waals surface area contributed by atoms with Crippen molar-refractivity contribution in [2.45, 2.75) is 19.9 Å². The van der Waals surface area contributed by atoms with E-state index in [1.165, 1.54) is 0 Å². The summed E-state index contributed by atoms with van der Waals surface area (Å²) in [6, 6.07) is 3.29. The van der Waals surface area contributed by atoms with Gasteiger partial charge in [0.15, 0.2) is 11.7 Å². The highest BCUT2D eigenvalue weighted by atomic mass is 127. The number of nitrogens with zero attached hydrogens (tertiary/aromatic N) is 2. The maximum atomic E-state index is 11.0. The number of halogens is 1. The number of carbonyl (C=O) groups is 1. The predicted octanol–water partition coefficient (Wildman–Crippen LogP) is 1.43. The first kappa shape index (κ1) is 19.8. The average Bonchev–Trinajstić information content (AvgIpc) is 3.14. The first-order chi connectivity index (χ1) is 10.6. The Hall–Kier alpha value is -1.29. The standard InChI is InChI=1S/C15H24N4O3.HI/c1-3-17-15(19(2)9-11-6-7-21-10-11)18-8-12-4-5-13(22-12)14(16)20;/h4-5,11H,3,6-10H2,1-2H3,(H2,16,20)(H,17,18);1H. The lowest BCUT2D eigenvalue weighted by Crippen LogP contribution is -2.41. The lowest BCUT2D eigenvalue weighted by Gasteiger charge is -2.24. The summed E-state index contributed by atoms with van der Waals surface area (Å²) in [6.45, 7) is 5.73. The van der Waals surface area contributed by atoms with Crippen LogP contribution in [-0.2, 0) is 11.3 Å². The molecule has 0 aromatic carbocycles. The summed E-state index contributed by atoms with van der Waals surface area (Å²) in [7, 11) is 2.01. The number of furan rings is 1. The number of amides is 1. The lowest BCUT2D eigenvalue weighted by atomic mass is 10.1. The quantitative estimate of drug-likeness (QED) is 0.400. The molecule has 0 radical (unpaired) electrons. The van der Waals surface area contributed by atoms with Gasteiger partial charge in [-0.05, 0) is 25.5 Å². The van der Waals surface area contributed by atoms with E-state index in [0.717, 1.165) is 38.7 Å². The molecule has 1 aromatic rings. The molecule has 1 aliphatic heterocycles. The molecule has 1 amide bonds. The fraction of sp³-hybridized carbons (Fsp3) is 0.600. The van der Waals surface area contributed by atoms with Gasteiger partial charge in [0, 0.05) is 32.7 Å². The number of guanidine groups is 1. The van der Waals surface area contributed by atoms with Gasteiger partial charge in [-0.25, -0.2) is 4.99 Å². The summed E-state index contributed by atoms with van der Waals surface area (Å²) in [4.78, 5) is 17.7. The van der Waals surface area contributed by atoms with Gasteiger partial charge in [0.2, 0.25) is 0 Å². The Kier molecular flexibility index (Phi) is 8.38. The first-order valence-electron chi connectivity index (χ1n) is 7.55. The summed E-state index contributed by atoms with van der Waals surface area (Å²) < 4.78 is 10.7. The molecule has 1 saturated heterocycles. The number of rotatable bonds is 6. The van der Waals surface area contributed by atoms with Crippen LogP contribution in [0.25, 0.3) is 0 Å². The molecule has 0 saturated carbocycles. The van der Waals surface area contributed by atoms with Crippen molar-refractivity contribution in [3.05, 3.63) is 23.7 Å². The molecule has 130 valence electrons. The van der Waals surface area contributed by atoms with Gasteiger partial charge in [0.05, 0.1) is 6.61 Å². The van der Waals surface area contributed by atoms with Crippen molar-refractivity contribution in [2.75, 3.05) is 33.4 Å². The molecule has 3 N–H and O–H groups in total. The van der Waals surface area contributed by atoms with Gasteiger partial charge in [0.1, 0.15) is 12.3 Å². The number of hydrogen-bond acceptors (Lipinski definition) is 4.